The molecule has 0 saturated carbocycles. The molecular formula is C22H16N2O3. The molecule has 0 atom stereocenters. The molecule has 4 rings (SSSR count). The molecule has 27 heavy (non-hydrogen) atoms. The standard InChI is InChI=1S/C22H16N2O3/c1-2-4-17(5-3-1)25-20-14-21(26-18-6-10-23-11-7-18)16-22(15-20)27-19-8-12-24-13-9-19/h1-16H. The Kier molecular flexibility index (Phi) is 4.93. The van der Waals surface area contributed by atoms with Crippen molar-refractivity contribution in [2.24, 2.45) is 0 Å². The van der Waals surface area contributed by atoms with E-state index in [9.17, 15) is 0 Å². The van der Waals surface area contributed by atoms with E-state index in [1.165, 1.54) is 0 Å². The minimum atomic E-state index is 0.596. The minimum Gasteiger partial charge on any atom is -0.457 e. The normalized spacial score (nSPS) is 10.2. The number of hydrogen-bond acceptors (Lipinski definition) is 5. The number of pyridine rings is 2. The van der Waals surface area contributed by atoms with E-state index in [4.69, 9.17) is 14.2 Å². The molecule has 0 spiro atoms. The molecule has 2 aromatic carbocycles. The highest BCUT2D eigenvalue weighted by molar-refractivity contribution is 5.46. The maximum absolute atomic E-state index is 5.95. The van der Waals surface area contributed by atoms with Crippen molar-refractivity contribution in [3.8, 4) is 34.5 Å². The van der Waals surface area contributed by atoms with Crippen LogP contribution in [-0.2, 0) is 0 Å². The van der Waals surface area contributed by atoms with E-state index in [1.54, 1.807) is 55.1 Å². The van der Waals surface area contributed by atoms with Crippen LogP contribution in [0.3, 0.4) is 0 Å². The number of aromatic nitrogens is 2. The zero-order valence-corrected chi connectivity index (χ0v) is 14.4. The quantitative estimate of drug-likeness (QED) is 0.433. The van der Waals surface area contributed by atoms with Gasteiger partial charge in [0, 0.05) is 43.0 Å². The summed E-state index contributed by atoms with van der Waals surface area (Å²) in [5, 5.41) is 0. The van der Waals surface area contributed by atoms with E-state index in [0.29, 0.717) is 28.7 Å². The first-order valence-electron chi connectivity index (χ1n) is 8.39. The van der Waals surface area contributed by atoms with E-state index >= 15 is 0 Å². The second-order valence-electron chi connectivity index (χ2n) is 5.63. The lowest BCUT2D eigenvalue weighted by molar-refractivity contribution is 0.439. The Labute approximate surface area is 156 Å². The van der Waals surface area contributed by atoms with Crippen molar-refractivity contribution in [2.75, 3.05) is 0 Å². The third-order valence-electron chi connectivity index (χ3n) is 3.60. The van der Waals surface area contributed by atoms with Gasteiger partial charge in [0.15, 0.2) is 0 Å². The summed E-state index contributed by atoms with van der Waals surface area (Å²) in [5.41, 5.74) is 0. The largest absolute Gasteiger partial charge is 0.457 e. The predicted molar refractivity (Wildman–Crippen MR) is 102 cm³/mol. The van der Waals surface area contributed by atoms with E-state index < -0.39 is 0 Å². The average molecular weight is 356 g/mol. The first-order valence-corrected chi connectivity index (χ1v) is 8.39. The lowest BCUT2D eigenvalue weighted by atomic mass is 10.3. The Morgan fingerprint density at radius 1 is 0.407 bits per heavy atom. The van der Waals surface area contributed by atoms with Crippen molar-refractivity contribution < 1.29 is 14.2 Å². The Balaban J connectivity index is 1.64. The Hall–Kier alpha value is -3.86. The minimum absolute atomic E-state index is 0.596. The lowest BCUT2D eigenvalue weighted by Gasteiger charge is -2.12. The second-order valence-corrected chi connectivity index (χ2v) is 5.63. The molecule has 0 aliphatic rings. The van der Waals surface area contributed by atoms with Crippen molar-refractivity contribution in [3.05, 3.63) is 97.6 Å². The first-order chi connectivity index (χ1) is 13.3. The van der Waals surface area contributed by atoms with Crippen LogP contribution in [0.15, 0.2) is 97.6 Å². The van der Waals surface area contributed by atoms with E-state index in [1.807, 2.05) is 42.5 Å². The molecule has 0 unspecified atom stereocenters. The molecule has 4 aromatic rings. The van der Waals surface area contributed by atoms with Crippen LogP contribution in [-0.4, -0.2) is 9.97 Å². The van der Waals surface area contributed by atoms with Crippen molar-refractivity contribution in [2.45, 2.75) is 0 Å². The molecule has 2 aromatic heterocycles. The molecule has 0 N–H and O–H groups in total. The summed E-state index contributed by atoms with van der Waals surface area (Å²) >= 11 is 0. The Morgan fingerprint density at radius 3 is 1.19 bits per heavy atom. The van der Waals surface area contributed by atoms with Gasteiger partial charge in [-0.15, -0.1) is 0 Å². The third kappa shape index (κ3) is 4.61. The van der Waals surface area contributed by atoms with E-state index in [-0.39, 0.29) is 0 Å². The fraction of sp³-hybridized carbons (Fsp3) is 0. The molecular weight excluding hydrogens is 340 g/mol. The molecule has 2 heterocycles. The van der Waals surface area contributed by atoms with Gasteiger partial charge < -0.3 is 14.2 Å². The summed E-state index contributed by atoms with van der Waals surface area (Å²) in [7, 11) is 0. The van der Waals surface area contributed by atoms with E-state index in [0.717, 1.165) is 5.75 Å². The van der Waals surface area contributed by atoms with Crippen LogP contribution in [0.2, 0.25) is 0 Å². The summed E-state index contributed by atoms with van der Waals surface area (Å²) < 4.78 is 17.8. The Morgan fingerprint density at radius 2 is 0.778 bits per heavy atom. The fourth-order valence-electron chi connectivity index (χ4n) is 2.43. The fourth-order valence-corrected chi connectivity index (χ4v) is 2.43. The van der Waals surface area contributed by atoms with Crippen LogP contribution in [0.25, 0.3) is 0 Å². The molecule has 0 aliphatic heterocycles. The first kappa shape index (κ1) is 16.6. The summed E-state index contributed by atoms with van der Waals surface area (Å²) in [6.45, 7) is 0. The molecule has 0 fully saturated rings. The Bertz CT molecular complexity index is 849. The van der Waals surface area contributed by atoms with Gasteiger partial charge in [-0.1, -0.05) is 18.2 Å². The van der Waals surface area contributed by atoms with Crippen molar-refractivity contribution in [1.29, 1.82) is 0 Å². The highest BCUT2D eigenvalue weighted by atomic mass is 16.5. The highest BCUT2D eigenvalue weighted by Gasteiger charge is 2.08. The van der Waals surface area contributed by atoms with Gasteiger partial charge in [-0.3, -0.25) is 9.97 Å². The topological polar surface area (TPSA) is 53.5 Å². The van der Waals surface area contributed by atoms with Crippen LogP contribution in [0.4, 0.5) is 0 Å². The summed E-state index contributed by atoms with van der Waals surface area (Å²) in [6.07, 6.45) is 6.70. The molecule has 0 saturated heterocycles. The van der Waals surface area contributed by atoms with Gasteiger partial charge in [-0.2, -0.15) is 0 Å². The molecule has 0 amide bonds. The smallest absolute Gasteiger partial charge is 0.134 e. The number of ether oxygens (including phenoxy) is 3. The SMILES string of the molecule is c1ccc(Oc2cc(Oc3ccncc3)cc(Oc3ccncc3)c2)cc1. The van der Waals surface area contributed by atoms with Gasteiger partial charge in [0.25, 0.3) is 0 Å². The van der Waals surface area contributed by atoms with Crippen molar-refractivity contribution >= 4 is 0 Å². The highest BCUT2D eigenvalue weighted by Crippen LogP contribution is 2.35. The zero-order valence-electron chi connectivity index (χ0n) is 14.4. The average Bonchev–Trinajstić information content (AvgIpc) is 2.70. The van der Waals surface area contributed by atoms with Crippen LogP contribution >= 0.6 is 0 Å². The van der Waals surface area contributed by atoms with Gasteiger partial charge in [0.2, 0.25) is 0 Å². The van der Waals surface area contributed by atoms with Gasteiger partial charge in [0.05, 0.1) is 0 Å². The second kappa shape index (κ2) is 8.01. The van der Waals surface area contributed by atoms with Crippen LogP contribution in [0.5, 0.6) is 34.5 Å². The molecule has 0 bridgehead atoms. The van der Waals surface area contributed by atoms with Gasteiger partial charge in [0.1, 0.15) is 34.5 Å². The van der Waals surface area contributed by atoms with Crippen molar-refractivity contribution in [1.82, 2.24) is 9.97 Å². The summed E-state index contributed by atoms with van der Waals surface area (Å²) in [4.78, 5) is 8.00. The predicted octanol–water partition coefficient (Wildman–Crippen LogP) is 5.85. The number of benzene rings is 2. The molecule has 5 nitrogen and oxygen atoms in total. The molecule has 132 valence electrons. The third-order valence-corrected chi connectivity index (χ3v) is 3.60. The number of nitrogens with zero attached hydrogens (tertiary/aromatic N) is 2. The monoisotopic (exact) mass is 356 g/mol. The van der Waals surface area contributed by atoms with Crippen molar-refractivity contribution in [3.63, 3.8) is 0 Å². The van der Waals surface area contributed by atoms with E-state index in [2.05, 4.69) is 9.97 Å². The maximum Gasteiger partial charge on any atom is 0.134 e. The molecule has 0 aliphatic carbocycles. The van der Waals surface area contributed by atoms with Gasteiger partial charge in [-0.25, -0.2) is 0 Å². The summed E-state index contributed by atoms with van der Waals surface area (Å²) in [5.74, 6) is 3.89. The lowest BCUT2D eigenvalue weighted by Crippen LogP contribution is -1.91. The van der Waals surface area contributed by atoms with Gasteiger partial charge in [-0.05, 0) is 36.4 Å². The molecule has 5 heteroatoms. The van der Waals surface area contributed by atoms with Gasteiger partial charge >= 0.3 is 0 Å². The number of para-hydroxylation sites is 1. The molecule has 0 radical (unpaired) electrons. The van der Waals surface area contributed by atoms with Crippen LogP contribution in [0, 0.1) is 0 Å². The number of hydrogen-bond donors (Lipinski definition) is 0. The summed E-state index contributed by atoms with van der Waals surface area (Å²) in [6, 6.07) is 22.1. The maximum atomic E-state index is 5.95. The number of rotatable bonds is 6. The van der Waals surface area contributed by atoms with Crippen LogP contribution in [0.1, 0.15) is 0 Å². The van der Waals surface area contributed by atoms with Crippen LogP contribution < -0.4 is 14.2 Å². The zero-order chi connectivity index (χ0) is 18.3.